The Bertz CT molecular complexity index is 2820. The molecule has 5 heteroatoms. The standard InChI is InChI=1S/C48H31N5/c1-4-12-31(13-5-1)33-20-24-35(25-21-33)42-29-43(53-48(52-42)37-26-22-34(23-27-37)32-14-6-2-7-15-32)39-28-40-44(47-46(39)49-30-50-47)38-18-10-11-19-41(38)51-45(40)36-16-8-3-9-17-36/h1-29H,30H2. The molecule has 10 rings (SSSR count). The van der Waals surface area contributed by atoms with Crippen LogP contribution in [-0.2, 0) is 0 Å². The molecule has 9 aromatic rings. The van der Waals surface area contributed by atoms with Crippen LogP contribution in [0.1, 0.15) is 0 Å². The molecule has 0 unspecified atom stereocenters. The largest absolute Gasteiger partial charge is 0.259 e. The number of nitrogens with zero attached hydrogens (tertiary/aromatic N) is 5. The van der Waals surface area contributed by atoms with E-state index in [1.165, 1.54) is 11.1 Å². The van der Waals surface area contributed by atoms with E-state index in [9.17, 15) is 0 Å². The van der Waals surface area contributed by atoms with Crippen molar-refractivity contribution in [3.8, 4) is 67.4 Å². The summed E-state index contributed by atoms with van der Waals surface area (Å²) in [4.78, 5) is 25.7. The third kappa shape index (κ3) is 5.56. The Labute approximate surface area is 306 Å². The highest BCUT2D eigenvalue weighted by Gasteiger charge is 2.20. The Morgan fingerprint density at radius 3 is 1.53 bits per heavy atom. The van der Waals surface area contributed by atoms with Gasteiger partial charge in [0.15, 0.2) is 5.82 Å². The zero-order valence-corrected chi connectivity index (χ0v) is 28.7. The summed E-state index contributed by atoms with van der Waals surface area (Å²) in [5.74, 6) is 0.646. The molecule has 0 radical (unpaired) electrons. The maximum absolute atomic E-state index is 5.28. The maximum Gasteiger partial charge on any atom is 0.160 e. The molecule has 2 aromatic heterocycles. The summed E-state index contributed by atoms with van der Waals surface area (Å²) in [5, 5.41) is 4.88. The summed E-state index contributed by atoms with van der Waals surface area (Å²) in [5.41, 5.74) is 12.0. The lowest BCUT2D eigenvalue weighted by Crippen LogP contribution is -2.26. The smallest absolute Gasteiger partial charge is 0.160 e. The van der Waals surface area contributed by atoms with E-state index in [0.29, 0.717) is 12.5 Å². The monoisotopic (exact) mass is 677 g/mol. The van der Waals surface area contributed by atoms with Gasteiger partial charge >= 0.3 is 0 Å². The number of hydrogen-bond acceptors (Lipinski definition) is 5. The first-order valence-electron chi connectivity index (χ1n) is 17.8. The van der Waals surface area contributed by atoms with Crippen molar-refractivity contribution < 1.29 is 0 Å². The Morgan fingerprint density at radius 2 is 0.868 bits per heavy atom. The lowest BCUT2D eigenvalue weighted by molar-refractivity contribution is 1.06. The number of benzene rings is 7. The van der Waals surface area contributed by atoms with E-state index in [1.807, 2.05) is 24.3 Å². The molecule has 1 aliphatic rings. The molecule has 0 N–H and O–H groups in total. The number of para-hydroxylation sites is 1. The van der Waals surface area contributed by atoms with Crippen molar-refractivity contribution in [3.63, 3.8) is 0 Å². The van der Waals surface area contributed by atoms with Crippen LogP contribution in [0.4, 0.5) is 0 Å². The quantitative estimate of drug-likeness (QED) is 0.165. The van der Waals surface area contributed by atoms with E-state index in [1.54, 1.807) is 0 Å². The molecule has 0 fully saturated rings. The minimum atomic E-state index is 0.367. The van der Waals surface area contributed by atoms with Crippen molar-refractivity contribution in [1.29, 1.82) is 0 Å². The predicted molar refractivity (Wildman–Crippen MR) is 215 cm³/mol. The fourth-order valence-electron chi connectivity index (χ4n) is 7.35. The molecule has 0 amide bonds. The van der Waals surface area contributed by atoms with Gasteiger partial charge in [-0.05, 0) is 40.5 Å². The van der Waals surface area contributed by atoms with Gasteiger partial charge in [0, 0.05) is 38.4 Å². The van der Waals surface area contributed by atoms with Crippen LogP contribution in [0.3, 0.4) is 0 Å². The number of fused-ring (bicyclic) bond motifs is 5. The molecule has 7 aromatic carbocycles. The van der Waals surface area contributed by atoms with E-state index in [-0.39, 0.29) is 0 Å². The van der Waals surface area contributed by atoms with E-state index in [4.69, 9.17) is 24.9 Å². The molecule has 0 saturated carbocycles. The van der Waals surface area contributed by atoms with Gasteiger partial charge < -0.3 is 0 Å². The van der Waals surface area contributed by atoms with Gasteiger partial charge in [-0.1, -0.05) is 158 Å². The molecule has 1 aliphatic heterocycles. The van der Waals surface area contributed by atoms with Crippen LogP contribution < -0.4 is 10.7 Å². The van der Waals surface area contributed by atoms with Gasteiger partial charge in [0.2, 0.25) is 0 Å². The molecule has 0 saturated heterocycles. The van der Waals surface area contributed by atoms with Gasteiger partial charge in [0.05, 0.1) is 33.3 Å². The lowest BCUT2D eigenvalue weighted by atomic mass is 9.95. The van der Waals surface area contributed by atoms with Crippen molar-refractivity contribution in [3.05, 3.63) is 187 Å². The molecular weight excluding hydrogens is 647 g/mol. The van der Waals surface area contributed by atoms with Gasteiger partial charge in [0.25, 0.3) is 0 Å². The van der Waals surface area contributed by atoms with Crippen molar-refractivity contribution in [2.24, 2.45) is 9.98 Å². The van der Waals surface area contributed by atoms with Crippen molar-refractivity contribution >= 4 is 21.7 Å². The topological polar surface area (TPSA) is 63.4 Å². The Morgan fingerprint density at radius 1 is 0.358 bits per heavy atom. The first-order chi connectivity index (χ1) is 26.3. The molecule has 0 spiro atoms. The minimum absolute atomic E-state index is 0.367. The lowest BCUT2D eigenvalue weighted by Gasteiger charge is -2.14. The fourth-order valence-corrected chi connectivity index (χ4v) is 7.35. The van der Waals surface area contributed by atoms with Crippen molar-refractivity contribution in [2.75, 3.05) is 6.67 Å². The number of hydrogen-bond donors (Lipinski definition) is 0. The summed E-state index contributed by atoms with van der Waals surface area (Å²) < 4.78 is 0. The molecule has 0 bridgehead atoms. The average molecular weight is 678 g/mol. The highest BCUT2D eigenvalue weighted by molar-refractivity contribution is 6.11. The Balaban J connectivity index is 1.20. The molecule has 53 heavy (non-hydrogen) atoms. The summed E-state index contributed by atoms with van der Waals surface area (Å²) in [7, 11) is 0. The van der Waals surface area contributed by atoms with Crippen LogP contribution >= 0.6 is 0 Å². The van der Waals surface area contributed by atoms with Gasteiger partial charge in [-0.25, -0.2) is 15.0 Å². The van der Waals surface area contributed by atoms with Crippen LogP contribution in [0.2, 0.25) is 0 Å². The Hall–Kier alpha value is -7.11. The predicted octanol–water partition coefficient (Wildman–Crippen LogP) is 10.4. The van der Waals surface area contributed by atoms with Crippen LogP contribution in [0, 0.1) is 0 Å². The highest BCUT2D eigenvalue weighted by Crippen LogP contribution is 2.34. The number of aromatic nitrogens is 3. The second-order valence-corrected chi connectivity index (χ2v) is 13.2. The molecule has 0 aliphatic carbocycles. The third-order valence-corrected chi connectivity index (χ3v) is 9.98. The van der Waals surface area contributed by atoms with Crippen LogP contribution in [-0.4, -0.2) is 21.6 Å². The van der Waals surface area contributed by atoms with Gasteiger partial charge in [0.1, 0.15) is 6.67 Å². The van der Waals surface area contributed by atoms with Crippen LogP contribution in [0.25, 0.3) is 89.1 Å². The second-order valence-electron chi connectivity index (χ2n) is 13.2. The van der Waals surface area contributed by atoms with Gasteiger partial charge in [-0.15, -0.1) is 0 Å². The van der Waals surface area contributed by atoms with E-state index < -0.39 is 0 Å². The Kier molecular flexibility index (Phi) is 7.47. The number of rotatable bonds is 6. The fraction of sp³-hybridized carbons (Fsp3) is 0.0208. The SMILES string of the molecule is c1ccc(-c2ccc(-c3cc(-c4cc5c(-c6ccccc6)nc6ccccc6c5c5c4=NCN=5)nc(-c4ccc(-c5ccccc5)cc4)n3)cc2)cc1. The van der Waals surface area contributed by atoms with Crippen LogP contribution in [0.5, 0.6) is 0 Å². The number of pyridine rings is 1. The second kappa shape index (κ2) is 12.9. The zero-order chi connectivity index (χ0) is 35.1. The summed E-state index contributed by atoms with van der Waals surface area (Å²) in [6.45, 7) is 0.367. The summed E-state index contributed by atoms with van der Waals surface area (Å²) in [6, 6.07) is 60.9. The maximum atomic E-state index is 5.28. The summed E-state index contributed by atoms with van der Waals surface area (Å²) >= 11 is 0. The van der Waals surface area contributed by atoms with Gasteiger partial charge in [-0.2, -0.15) is 0 Å². The van der Waals surface area contributed by atoms with E-state index in [0.717, 1.165) is 82.9 Å². The molecule has 248 valence electrons. The van der Waals surface area contributed by atoms with E-state index in [2.05, 4.69) is 152 Å². The highest BCUT2D eigenvalue weighted by atomic mass is 15.0. The average Bonchev–Trinajstić information content (AvgIpc) is 3.74. The van der Waals surface area contributed by atoms with Crippen LogP contribution in [0.15, 0.2) is 186 Å². The third-order valence-electron chi connectivity index (χ3n) is 9.98. The van der Waals surface area contributed by atoms with Gasteiger partial charge in [-0.3, -0.25) is 9.98 Å². The first-order valence-corrected chi connectivity index (χ1v) is 17.8. The normalized spacial score (nSPS) is 12.0. The summed E-state index contributed by atoms with van der Waals surface area (Å²) in [6.07, 6.45) is 0. The van der Waals surface area contributed by atoms with E-state index >= 15 is 0 Å². The van der Waals surface area contributed by atoms with Crippen molar-refractivity contribution in [2.45, 2.75) is 0 Å². The molecule has 0 atom stereocenters. The molecule has 3 heterocycles. The molecule has 5 nitrogen and oxygen atoms in total. The molecular formula is C48H31N5. The first kappa shape index (κ1) is 30.7. The minimum Gasteiger partial charge on any atom is -0.259 e. The van der Waals surface area contributed by atoms with Crippen molar-refractivity contribution in [1.82, 2.24) is 15.0 Å². The zero-order valence-electron chi connectivity index (χ0n) is 28.7.